The zero-order valence-electron chi connectivity index (χ0n) is 16.5. The summed E-state index contributed by atoms with van der Waals surface area (Å²) >= 11 is 1.17. The van der Waals surface area contributed by atoms with Crippen molar-refractivity contribution < 1.29 is 18.7 Å². The number of rotatable bonds is 9. The molecule has 8 heteroatoms. The van der Waals surface area contributed by atoms with Gasteiger partial charge in [0.2, 0.25) is 5.91 Å². The smallest absolute Gasteiger partial charge is 0.277 e. The summed E-state index contributed by atoms with van der Waals surface area (Å²) in [6.07, 6.45) is 0. The fraction of sp³-hybridized carbons (Fsp3) is 0.286. The Morgan fingerprint density at radius 1 is 1.14 bits per heavy atom. The topological polar surface area (TPSA) is 86.5 Å². The van der Waals surface area contributed by atoms with Gasteiger partial charge < -0.3 is 19.2 Å². The Morgan fingerprint density at radius 2 is 1.93 bits per heavy atom. The summed E-state index contributed by atoms with van der Waals surface area (Å²) in [4.78, 5) is 12.1. The van der Waals surface area contributed by atoms with E-state index in [9.17, 15) is 4.79 Å². The molecule has 7 nitrogen and oxygen atoms in total. The van der Waals surface area contributed by atoms with Gasteiger partial charge in [-0.2, -0.15) is 0 Å². The molecule has 0 atom stereocenters. The average Bonchev–Trinajstić information content (AvgIpc) is 3.19. The maximum atomic E-state index is 12.1. The van der Waals surface area contributed by atoms with Crippen LogP contribution in [0, 0.1) is 0 Å². The minimum Gasteiger partial charge on any atom is -0.497 e. The Labute approximate surface area is 173 Å². The third-order valence-corrected chi connectivity index (χ3v) is 4.86. The van der Waals surface area contributed by atoms with Gasteiger partial charge in [-0.25, -0.2) is 0 Å². The average molecular weight is 413 g/mol. The Kier molecular flexibility index (Phi) is 7.13. The zero-order chi connectivity index (χ0) is 20.6. The molecule has 1 N–H and O–H groups in total. The minimum absolute atomic E-state index is 0.149. The standard InChI is InChI=1S/C21H23N3O4S/c1-14(2)15-7-9-17(10-8-15)27-12-20-23-24-21(28-20)29-13-19(25)22-16-5-4-6-18(11-16)26-3/h4-11,14H,12-13H2,1-3H3,(H,22,25). The SMILES string of the molecule is COc1cccc(NC(=O)CSc2nnc(COc3ccc(C(C)C)cc3)o2)c1. The van der Waals surface area contributed by atoms with Gasteiger partial charge in [-0.05, 0) is 35.7 Å². The Hall–Kier alpha value is -3.00. The van der Waals surface area contributed by atoms with Gasteiger partial charge in [0.1, 0.15) is 11.5 Å². The summed E-state index contributed by atoms with van der Waals surface area (Å²) in [6, 6.07) is 15.1. The number of aromatic nitrogens is 2. The van der Waals surface area contributed by atoms with Crippen LogP contribution in [0.15, 0.2) is 58.2 Å². The second kappa shape index (κ2) is 9.97. The third kappa shape index (κ3) is 6.25. The van der Waals surface area contributed by atoms with Gasteiger partial charge in [-0.1, -0.05) is 43.8 Å². The predicted molar refractivity (Wildman–Crippen MR) is 112 cm³/mol. The summed E-state index contributed by atoms with van der Waals surface area (Å²) in [6.45, 7) is 4.46. The summed E-state index contributed by atoms with van der Waals surface area (Å²) in [7, 11) is 1.58. The molecule has 3 rings (SSSR count). The van der Waals surface area contributed by atoms with Crippen molar-refractivity contribution in [1.29, 1.82) is 0 Å². The number of ether oxygens (including phenoxy) is 2. The van der Waals surface area contributed by atoms with Crippen LogP contribution in [0.25, 0.3) is 0 Å². The van der Waals surface area contributed by atoms with Crippen molar-refractivity contribution >= 4 is 23.4 Å². The summed E-state index contributed by atoms with van der Waals surface area (Å²) in [5.74, 6) is 2.21. The van der Waals surface area contributed by atoms with E-state index in [2.05, 4.69) is 29.4 Å². The van der Waals surface area contributed by atoms with Crippen LogP contribution in [0.2, 0.25) is 0 Å². The molecule has 0 aliphatic rings. The summed E-state index contributed by atoms with van der Waals surface area (Å²) in [5, 5.41) is 11.0. The monoisotopic (exact) mass is 413 g/mol. The van der Waals surface area contributed by atoms with E-state index in [4.69, 9.17) is 13.9 Å². The number of benzene rings is 2. The van der Waals surface area contributed by atoms with Crippen molar-refractivity contribution in [2.45, 2.75) is 31.6 Å². The summed E-state index contributed by atoms with van der Waals surface area (Å²) in [5.41, 5.74) is 1.92. The molecule has 0 aliphatic carbocycles. The highest BCUT2D eigenvalue weighted by Crippen LogP contribution is 2.21. The van der Waals surface area contributed by atoms with E-state index in [1.807, 2.05) is 36.4 Å². The molecule has 29 heavy (non-hydrogen) atoms. The molecule has 0 aliphatic heterocycles. The molecule has 0 unspecified atom stereocenters. The second-order valence-electron chi connectivity index (χ2n) is 6.54. The number of amides is 1. The lowest BCUT2D eigenvalue weighted by Gasteiger charge is -2.07. The van der Waals surface area contributed by atoms with Crippen LogP contribution >= 0.6 is 11.8 Å². The zero-order valence-corrected chi connectivity index (χ0v) is 17.4. The molecular formula is C21H23N3O4S. The van der Waals surface area contributed by atoms with Gasteiger partial charge in [-0.3, -0.25) is 4.79 Å². The molecule has 1 amide bonds. The van der Waals surface area contributed by atoms with Gasteiger partial charge >= 0.3 is 0 Å². The van der Waals surface area contributed by atoms with Crippen LogP contribution in [0.3, 0.4) is 0 Å². The molecule has 2 aromatic carbocycles. The lowest BCUT2D eigenvalue weighted by atomic mass is 10.0. The highest BCUT2D eigenvalue weighted by Gasteiger charge is 2.11. The van der Waals surface area contributed by atoms with Crippen LogP contribution in [0.1, 0.15) is 31.2 Å². The normalized spacial score (nSPS) is 10.8. The molecule has 0 radical (unpaired) electrons. The first-order chi connectivity index (χ1) is 14.0. The molecule has 3 aromatic rings. The van der Waals surface area contributed by atoms with E-state index in [1.54, 1.807) is 19.2 Å². The van der Waals surface area contributed by atoms with Gasteiger partial charge in [-0.15, -0.1) is 10.2 Å². The number of carbonyl (C=O) groups is 1. The van der Waals surface area contributed by atoms with Gasteiger partial charge in [0, 0.05) is 11.8 Å². The van der Waals surface area contributed by atoms with E-state index in [0.717, 1.165) is 5.75 Å². The van der Waals surface area contributed by atoms with E-state index in [1.165, 1.54) is 17.3 Å². The number of hydrogen-bond donors (Lipinski definition) is 1. The van der Waals surface area contributed by atoms with Crippen molar-refractivity contribution in [3.63, 3.8) is 0 Å². The maximum Gasteiger partial charge on any atom is 0.277 e. The molecule has 0 saturated heterocycles. The Morgan fingerprint density at radius 3 is 2.66 bits per heavy atom. The van der Waals surface area contributed by atoms with Crippen LogP contribution in [-0.4, -0.2) is 29.0 Å². The largest absolute Gasteiger partial charge is 0.497 e. The third-order valence-electron chi connectivity index (χ3n) is 4.04. The molecule has 152 valence electrons. The van der Waals surface area contributed by atoms with Crippen molar-refractivity contribution in [3.8, 4) is 11.5 Å². The molecule has 0 fully saturated rings. The first kappa shape index (κ1) is 20.7. The molecule has 0 bridgehead atoms. The van der Waals surface area contributed by atoms with Crippen LogP contribution in [-0.2, 0) is 11.4 Å². The number of carbonyl (C=O) groups excluding carboxylic acids is 1. The van der Waals surface area contributed by atoms with Gasteiger partial charge in [0.05, 0.1) is 12.9 Å². The van der Waals surface area contributed by atoms with Crippen LogP contribution < -0.4 is 14.8 Å². The molecule has 1 heterocycles. The van der Waals surface area contributed by atoms with Crippen molar-refractivity contribution in [1.82, 2.24) is 10.2 Å². The van der Waals surface area contributed by atoms with Crippen molar-refractivity contribution in [3.05, 3.63) is 60.0 Å². The minimum atomic E-state index is -0.176. The van der Waals surface area contributed by atoms with E-state index < -0.39 is 0 Å². The molecule has 0 saturated carbocycles. The van der Waals surface area contributed by atoms with E-state index in [-0.39, 0.29) is 18.3 Å². The Bertz CT molecular complexity index is 941. The summed E-state index contributed by atoms with van der Waals surface area (Å²) < 4.78 is 16.3. The number of anilines is 1. The van der Waals surface area contributed by atoms with E-state index in [0.29, 0.717) is 28.5 Å². The highest BCUT2D eigenvalue weighted by atomic mass is 32.2. The number of nitrogens with one attached hydrogen (secondary N) is 1. The lowest BCUT2D eigenvalue weighted by Crippen LogP contribution is -2.13. The number of methoxy groups -OCH3 is 1. The maximum absolute atomic E-state index is 12.1. The van der Waals surface area contributed by atoms with Gasteiger partial charge in [0.15, 0.2) is 6.61 Å². The van der Waals surface area contributed by atoms with Crippen LogP contribution in [0.5, 0.6) is 11.5 Å². The number of thioether (sulfide) groups is 1. The quantitative estimate of drug-likeness (QED) is 0.516. The van der Waals surface area contributed by atoms with Crippen molar-refractivity contribution in [2.75, 3.05) is 18.2 Å². The molecular weight excluding hydrogens is 390 g/mol. The highest BCUT2D eigenvalue weighted by molar-refractivity contribution is 7.99. The first-order valence-corrected chi connectivity index (χ1v) is 10.1. The van der Waals surface area contributed by atoms with Crippen molar-refractivity contribution in [2.24, 2.45) is 0 Å². The molecule has 0 spiro atoms. The fourth-order valence-electron chi connectivity index (χ4n) is 2.47. The van der Waals surface area contributed by atoms with E-state index >= 15 is 0 Å². The Balaban J connectivity index is 1.45. The first-order valence-electron chi connectivity index (χ1n) is 9.15. The lowest BCUT2D eigenvalue weighted by molar-refractivity contribution is -0.113. The number of hydrogen-bond acceptors (Lipinski definition) is 7. The number of nitrogens with zero attached hydrogens (tertiary/aromatic N) is 2. The second-order valence-corrected chi connectivity index (χ2v) is 7.47. The molecule has 1 aromatic heterocycles. The van der Waals surface area contributed by atoms with Gasteiger partial charge in [0.25, 0.3) is 11.1 Å². The van der Waals surface area contributed by atoms with Crippen LogP contribution in [0.4, 0.5) is 5.69 Å². The predicted octanol–water partition coefficient (Wildman–Crippen LogP) is 4.51. The fourth-order valence-corrected chi connectivity index (χ4v) is 3.05.